The Hall–Kier alpha value is -1.68. The molecule has 5 nitrogen and oxygen atoms in total. The third-order valence-corrected chi connectivity index (χ3v) is 6.07. The van der Waals surface area contributed by atoms with Crippen LogP contribution in [-0.4, -0.2) is 43.8 Å². The highest BCUT2D eigenvalue weighted by molar-refractivity contribution is 7.16. The Morgan fingerprint density at radius 2 is 2.03 bits per heavy atom. The molecule has 1 aliphatic rings. The maximum Gasteiger partial charge on any atom is 0.107 e. The molecule has 0 unspecified atom stereocenters. The van der Waals surface area contributed by atoms with Crippen molar-refractivity contribution in [1.82, 2.24) is 4.90 Å². The minimum absolute atomic E-state index is 0.405. The molecule has 0 radical (unpaired) electrons. The van der Waals surface area contributed by atoms with Crippen LogP contribution in [0.15, 0.2) is 17.1 Å². The van der Waals surface area contributed by atoms with E-state index in [0.29, 0.717) is 6.54 Å². The summed E-state index contributed by atoms with van der Waals surface area (Å²) in [5.41, 5.74) is 7.65. The topological polar surface area (TPSA) is 77.4 Å². The van der Waals surface area contributed by atoms with Gasteiger partial charge in [0.1, 0.15) is 11.1 Å². The molecule has 0 amide bonds. The van der Waals surface area contributed by atoms with Crippen molar-refractivity contribution in [2.24, 2.45) is 10.7 Å². The molecule has 0 atom stereocenters. The fraction of sp³-hybridized carbons (Fsp3) is 0.652. The maximum absolute atomic E-state index is 9.60. The Morgan fingerprint density at radius 1 is 1.28 bits per heavy atom. The summed E-state index contributed by atoms with van der Waals surface area (Å²) in [5.74, 6) is 0. The van der Waals surface area contributed by atoms with Gasteiger partial charge in [0.05, 0.1) is 5.56 Å². The van der Waals surface area contributed by atoms with E-state index < -0.39 is 0 Å². The fourth-order valence-electron chi connectivity index (χ4n) is 3.31. The third kappa shape index (κ3) is 9.12. The smallest absolute Gasteiger partial charge is 0.107 e. The second-order valence-corrected chi connectivity index (χ2v) is 7.98. The quantitative estimate of drug-likeness (QED) is 0.498. The van der Waals surface area contributed by atoms with Crippen LogP contribution < -0.4 is 11.1 Å². The number of likely N-dealkylation sites (tertiary alicyclic amines) is 1. The number of hydrogen-bond donors (Lipinski definition) is 2. The summed E-state index contributed by atoms with van der Waals surface area (Å²) in [6, 6.07) is 2.35. The number of allylic oxidation sites excluding steroid dienone is 2. The van der Waals surface area contributed by atoms with E-state index in [9.17, 15) is 5.26 Å². The number of anilines is 1. The van der Waals surface area contributed by atoms with Crippen LogP contribution in [0.4, 0.5) is 5.00 Å². The Bertz CT molecular complexity index is 651. The molecule has 1 saturated heterocycles. The number of nitrogens with one attached hydrogen (secondary N) is 1. The Kier molecular flexibility index (Phi) is 14.1. The number of nitriles is 1. The number of nitrogens with zero attached hydrogens (tertiary/aromatic N) is 3. The molecule has 162 valence electrons. The van der Waals surface area contributed by atoms with Gasteiger partial charge in [-0.15, -0.1) is 11.3 Å². The Balaban J connectivity index is 0.00000204. The fourth-order valence-corrected chi connectivity index (χ4v) is 4.50. The van der Waals surface area contributed by atoms with Crippen molar-refractivity contribution in [1.29, 1.82) is 5.26 Å². The summed E-state index contributed by atoms with van der Waals surface area (Å²) >= 11 is 1.67. The van der Waals surface area contributed by atoms with Gasteiger partial charge in [0.2, 0.25) is 0 Å². The van der Waals surface area contributed by atoms with Gasteiger partial charge in [-0.2, -0.15) is 5.26 Å². The van der Waals surface area contributed by atoms with Crippen LogP contribution in [0.25, 0.3) is 0 Å². The number of aliphatic imine (C=N–C) groups is 1. The number of hydrogen-bond acceptors (Lipinski definition) is 6. The third-order valence-electron chi connectivity index (χ3n) is 4.82. The Labute approximate surface area is 181 Å². The van der Waals surface area contributed by atoms with Crippen molar-refractivity contribution in [2.45, 2.75) is 65.8 Å². The van der Waals surface area contributed by atoms with Crippen LogP contribution in [-0.2, 0) is 13.0 Å². The second-order valence-electron chi connectivity index (χ2n) is 6.88. The minimum Gasteiger partial charge on any atom is -0.375 e. The van der Waals surface area contributed by atoms with Crippen LogP contribution in [0.2, 0.25) is 0 Å². The van der Waals surface area contributed by atoms with Crippen molar-refractivity contribution in [2.75, 3.05) is 38.0 Å². The van der Waals surface area contributed by atoms with E-state index >= 15 is 0 Å². The molecule has 2 heterocycles. The van der Waals surface area contributed by atoms with E-state index in [1.54, 1.807) is 11.3 Å². The lowest BCUT2D eigenvalue weighted by Gasteiger charge is -2.26. The first-order valence-corrected chi connectivity index (χ1v) is 12.0. The second kappa shape index (κ2) is 16.2. The lowest BCUT2D eigenvalue weighted by Crippen LogP contribution is -2.33. The lowest BCUT2D eigenvalue weighted by molar-refractivity contribution is 0.237. The molecule has 0 spiro atoms. The highest BCUT2D eigenvalue weighted by Gasteiger charge is 2.17. The summed E-state index contributed by atoms with van der Waals surface area (Å²) in [7, 11) is 0. The number of nitrogens with two attached hydrogens (primary N) is 1. The van der Waals surface area contributed by atoms with Gasteiger partial charge < -0.3 is 16.0 Å². The minimum atomic E-state index is 0.405. The molecule has 6 heteroatoms. The van der Waals surface area contributed by atoms with Crippen LogP contribution in [0.3, 0.4) is 0 Å². The summed E-state index contributed by atoms with van der Waals surface area (Å²) in [4.78, 5) is 8.13. The number of thiophene rings is 1. The summed E-state index contributed by atoms with van der Waals surface area (Å²) in [6.07, 6.45) is 13.1. The van der Waals surface area contributed by atoms with Gasteiger partial charge in [-0.05, 0) is 44.0 Å². The van der Waals surface area contributed by atoms with Gasteiger partial charge in [0.25, 0.3) is 0 Å². The maximum atomic E-state index is 9.60. The first kappa shape index (κ1) is 25.4. The molecular weight excluding hydrogens is 378 g/mol. The van der Waals surface area contributed by atoms with E-state index in [-0.39, 0.29) is 0 Å². The summed E-state index contributed by atoms with van der Waals surface area (Å²) in [6.45, 7) is 11.6. The van der Waals surface area contributed by atoms with Crippen LogP contribution in [0.1, 0.15) is 68.9 Å². The molecular formula is C23H39N5S. The van der Waals surface area contributed by atoms with E-state index in [4.69, 9.17) is 5.73 Å². The van der Waals surface area contributed by atoms with Crippen LogP contribution >= 0.6 is 11.3 Å². The largest absolute Gasteiger partial charge is 0.375 e. The van der Waals surface area contributed by atoms with Gasteiger partial charge in [0, 0.05) is 43.7 Å². The predicted molar refractivity (Wildman–Crippen MR) is 128 cm³/mol. The molecule has 0 saturated carbocycles. The lowest BCUT2D eigenvalue weighted by atomic mass is 10.1. The molecule has 0 aromatic carbocycles. The molecule has 0 aliphatic carbocycles. The van der Waals surface area contributed by atoms with Gasteiger partial charge >= 0.3 is 0 Å². The first-order chi connectivity index (χ1) is 14.3. The van der Waals surface area contributed by atoms with E-state index in [1.165, 1.54) is 37.2 Å². The normalized spacial score (nSPS) is 14.7. The highest BCUT2D eigenvalue weighted by Crippen LogP contribution is 2.33. The van der Waals surface area contributed by atoms with Gasteiger partial charge in [-0.3, -0.25) is 4.99 Å². The summed E-state index contributed by atoms with van der Waals surface area (Å²) in [5, 5.41) is 14.0. The molecule has 1 aromatic rings. The molecule has 3 N–H and O–H groups in total. The SMILES string of the molecule is CC.CCC/C=C\C=NCCc1sc(NCCN2CCCCC2)c(C#N)c1CN. The van der Waals surface area contributed by atoms with Crippen molar-refractivity contribution in [3.8, 4) is 6.07 Å². The zero-order valence-corrected chi connectivity index (χ0v) is 19.4. The first-order valence-electron chi connectivity index (χ1n) is 11.2. The monoisotopic (exact) mass is 417 g/mol. The van der Waals surface area contributed by atoms with E-state index in [0.717, 1.165) is 55.0 Å². The van der Waals surface area contributed by atoms with E-state index in [1.807, 2.05) is 26.1 Å². The van der Waals surface area contributed by atoms with Gasteiger partial charge in [-0.1, -0.05) is 39.7 Å². The highest BCUT2D eigenvalue weighted by atomic mass is 32.1. The van der Waals surface area contributed by atoms with Crippen LogP contribution in [0, 0.1) is 11.3 Å². The zero-order chi connectivity index (χ0) is 21.3. The number of unbranched alkanes of at least 4 members (excludes halogenated alkanes) is 1. The number of rotatable bonds is 11. The van der Waals surface area contributed by atoms with Gasteiger partial charge in [0.15, 0.2) is 0 Å². The molecule has 1 aromatic heterocycles. The van der Waals surface area contributed by atoms with Crippen LogP contribution in [0.5, 0.6) is 0 Å². The van der Waals surface area contributed by atoms with Gasteiger partial charge in [-0.25, -0.2) is 0 Å². The standard InChI is InChI=1S/C21H33N5S.C2H6/c1-2-3-4-6-10-24-11-9-20-18(16-22)19(17-23)21(27-20)25-12-15-26-13-7-5-8-14-26;1-2/h4,6,10,25H,2-3,5,7-9,11-16,22H2,1H3;1-2H3/b6-4-,24-10?;. The van der Waals surface area contributed by atoms with Crippen molar-refractivity contribution < 1.29 is 0 Å². The summed E-state index contributed by atoms with van der Waals surface area (Å²) < 4.78 is 0. The molecule has 29 heavy (non-hydrogen) atoms. The number of piperidine rings is 1. The van der Waals surface area contributed by atoms with Crippen molar-refractivity contribution >= 4 is 22.6 Å². The molecule has 1 aliphatic heterocycles. The average Bonchev–Trinajstić information content (AvgIpc) is 3.11. The molecule has 0 bridgehead atoms. The molecule has 1 fully saturated rings. The van der Waals surface area contributed by atoms with Crippen molar-refractivity contribution in [3.63, 3.8) is 0 Å². The zero-order valence-electron chi connectivity index (χ0n) is 18.5. The predicted octanol–water partition coefficient (Wildman–Crippen LogP) is 4.97. The Morgan fingerprint density at radius 3 is 2.69 bits per heavy atom. The van der Waals surface area contributed by atoms with Crippen molar-refractivity contribution in [3.05, 3.63) is 28.2 Å². The average molecular weight is 418 g/mol. The van der Waals surface area contributed by atoms with E-state index in [2.05, 4.69) is 34.3 Å². The molecule has 2 rings (SSSR count).